The summed E-state index contributed by atoms with van der Waals surface area (Å²) in [6.07, 6.45) is 6.33. The second-order valence-corrected chi connectivity index (χ2v) is 7.23. The van der Waals surface area contributed by atoms with E-state index in [1.165, 1.54) is 12.8 Å². The van der Waals surface area contributed by atoms with Crippen LogP contribution in [-0.2, 0) is 0 Å². The Balaban J connectivity index is 1.37. The fourth-order valence-corrected chi connectivity index (χ4v) is 3.53. The minimum atomic E-state index is 0.410. The van der Waals surface area contributed by atoms with E-state index in [1.807, 2.05) is 24.4 Å². The second-order valence-electron chi connectivity index (χ2n) is 6.79. The molecule has 1 aromatic heterocycles. The van der Waals surface area contributed by atoms with Gasteiger partial charge in [0.25, 0.3) is 0 Å². The summed E-state index contributed by atoms with van der Waals surface area (Å²) >= 11 is 6.13. The molecule has 0 amide bonds. The van der Waals surface area contributed by atoms with E-state index in [4.69, 9.17) is 16.9 Å². The summed E-state index contributed by atoms with van der Waals surface area (Å²) in [4.78, 5) is 11.3. The van der Waals surface area contributed by atoms with Crippen LogP contribution in [0.3, 0.4) is 0 Å². The van der Waals surface area contributed by atoms with Gasteiger partial charge in [-0.05, 0) is 49.9 Å². The minimum absolute atomic E-state index is 0.410. The number of anilines is 2. The van der Waals surface area contributed by atoms with Crippen molar-refractivity contribution in [3.05, 3.63) is 46.9 Å². The molecule has 0 radical (unpaired) electrons. The van der Waals surface area contributed by atoms with E-state index in [2.05, 4.69) is 26.3 Å². The van der Waals surface area contributed by atoms with Crippen LogP contribution in [0.4, 0.5) is 11.5 Å². The molecule has 128 valence electrons. The molecule has 2 aromatic rings. The number of hydrogen-bond acceptors (Lipinski definition) is 5. The maximum Gasteiger partial charge on any atom is 0.133 e. The van der Waals surface area contributed by atoms with Gasteiger partial charge in [-0.3, -0.25) is 0 Å². The van der Waals surface area contributed by atoms with Crippen molar-refractivity contribution in [2.75, 3.05) is 23.3 Å². The maximum atomic E-state index is 9.11. The fourth-order valence-electron chi connectivity index (χ4n) is 3.30. The smallest absolute Gasteiger partial charge is 0.133 e. The van der Waals surface area contributed by atoms with E-state index >= 15 is 0 Å². The number of nitriles is 1. The van der Waals surface area contributed by atoms with Gasteiger partial charge in [-0.25, -0.2) is 9.97 Å². The molecule has 5 nitrogen and oxygen atoms in total. The Morgan fingerprint density at radius 3 is 2.68 bits per heavy atom. The topological polar surface area (TPSA) is 64.8 Å². The van der Waals surface area contributed by atoms with Crippen LogP contribution in [0.25, 0.3) is 0 Å². The molecule has 2 aliphatic rings. The number of hydrogen-bond donors (Lipinski definition) is 1. The third kappa shape index (κ3) is 3.85. The summed E-state index contributed by atoms with van der Waals surface area (Å²) in [5.41, 5.74) is 1.64. The van der Waals surface area contributed by atoms with Crippen molar-refractivity contribution >= 4 is 23.1 Å². The molecule has 6 heteroatoms. The molecule has 0 unspecified atom stereocenters. The average molecular weight is 354 g/mol. The second kappa shape index (κ2) is 6.89. The molecule has 2 fully saturated rings. The van der Waals surface area contributed by atoms with Gasteiger partial charge in [-0.15, -0.1) is 0 Å². The lowest BCUT2D eigenvalue weighted by atomic mass is 10.0. The first-order valence-electron chi connectivity index (χ1n) is 8.76. The van der Waals surface area contributed by atoms with E-state index in [1.54, 1.807) is 6.07 Å². The summed E-state index contributed by atoms with van der Waals surface area (Å²) in [6, 6.07) is 10.1. The predicted octanol–water partition coefficient (Wildman–Crippen LogP) is 3.96. The fraction of sp³-hybridized carbons (Fsp3) is 0.421. The molecule has 1 aliphatic heterocycles. The molecule has 0 atom stereocenters. The highest BCUT2D eigenvalue weighted by Crippen LogP contribution is 2.38. The summed E-state index contributed by atoms with van der Waals surface area (Å²) < 4.78 is 0. The Hall–Kier alpha value is -2.32. The minimum Gasteiger partial charge on any atom is -0.371 e. The lowest BCUT2D eigenvalue weighted by Crippen LogP contribution is -2.39. The van der Waals surface area contributed by atoms with Gasteiger partial charge in [-0.2, -0.15) is 5.26 Å². The number of nitrogens with one attached hydrogen (secondary N) is 1. The van der Waals surface area contributed by atoms with Crippen LogP contribution in [-0.4, -0.2) is 29.1 Å². The quantitative estimate of drug-likeness (QED) is 0.901. The van der Waals surface area contributed by atoms with Crippen LogP contribution in [0.5, 0.6) is 0 Å². The molecular formula is C19H20ClN5. The Kier molecular flexibility index (Phi) is 4.46. The molecular weight excluding hydrogens is 334 g/mol. The number of halogens is 1. The molecule has 1 aliphatic carbocycles. The molecule has 0 spiro atoms. The van der Waals surface area contributed by atoms with Crippen LogP contribution in [0.2, 0.25) is 5.02 Å². The first kappa shape index (κ1) is 16.2. The van der Waals surface area contributed by atoms with Crippen molar-refractivity contribution in [3.63, 3.8) is 0 Å². The van der Waals surface area contributed by atoms with E-state index in [0.29, 0.717) is 22.5 Å². The van der Waals surface area contributed by atoms with Crippen molar-refractivity contribution in [2.24, 2.45) is 0 Å². The number of aromatic nitrogens is 2. The van der Waals surface area contributed by atoms with E-state index in [9.17, 15) is 0 Å². The van der Waals surface area contributed by atoms with Crippen LogP contribution >= 0.6 is 11.6 Å². The van der Waals surface area contributed by atoms with Crippen molar-refractivity contribution in [3.8, 4) is 6.07 Å². The van der Waals surface area contributed by atoms with Crippen LogP contribution in [0.15, 0.2) is 30.5 Å². The van der Waals surface area contributed by atoms with Crippen molar-refractivity contribution < 1.29 is 0 Å². The molecule has 1 saturated carbocycles. The first-order valence-corrected chi connectivity index (χ1v) is 9.14. The highest BCUT2D eigenvalue weighted by molar-refractivity contribution is 6.31. The zero-order valence-electron chi connectivity index (χ0n) is 14.0. The average Bonchev–Trinajstić information content (AvgIpc) is 3.47. The highest BCUT2D eigenvalue weighted by atomic mass is 35.5. The van der Waals surface area contributed by atoms with E-state index < -0.39 is 0 Å². The van der Waals surface area contributed by atoms with Gasteiger partial charge in [-0.1, -0.05) is 11.6 Å². The summed E-state index contributed by atoms with van der Waals surface area (Å²) in [7, 11) is 0. The molecule has 1 aromatic carbocycles. The van der Waals surface area contributed by atoms with E-state index in [-0.39, 0.29) is 0 Å². The Morgan fingerprint density at radius 2 is 1.96 bits per heavy atom. The van der Waals surface area contributed by atoms with E-state index in [0.717, 1.165) is 43.3 Å². The normalized spacial score (nSPS) is 18.0. The van der Waals surface area contributed by atoms with Crippen molar-refractivity contribution in [1.29, 1.82) is 5.26 Å². The Bertz CT molecular complexity index is 804. The molecule has 1 saturated heterocycles. The summed E-state index contributed by atoms with van der Waals surface area (Å²) in [5, 5.41) is 13.3. The number of piperidine rings is 1. The SMILES string of the molecule is N#Cc1cc(Cl)cc(N2CCC(Nc3ccnc(C4CC4)n3)CC2)c1. The maximum absolute atomic E-state index is 9.11. The highest BCUT2D eigenvalue weighted by Gasteiger charge is 2.27. The van der Waals surface area contributed by atoms with Gasteiger partial charge in [0.15, 0.2) is 0 Å². The summed E-state index contributed by atoms with van der Waals surface area (Å²) in [5.74, 6) is 2.48. The number of benzene rings is 1. The van der Waals surface area contributed by atoms with Crippen molar-refractivity contribution in [1.82, 2.24) is 9.97 Å². The van der Waals surface area contributed by atoms with Gasteiger partial charge < -0.3 is 10.2 Å². The predicted molar refractivity (Wildman–Crippen MR) is 99.0 cm³/mol. The molecule has 4 rings (SSSR count). The zero-order chi connectivity index (χ0) is 17.2. The summed E-state index contributed by atoms with van der Waals surface area (Å²) in [6.45, 7) is 1.87. The van der Waals surface area contributed by atoms with Crippen LogP contribution in [0.1, 0.15) is 43.0 Å². The molecule has 1 N–H and O–H groups in total. The lowest BCUT2D eigenvalue weighted by Gasteiger charge is -2.34. The third-order valence-electron chi connectivity index (χ3n) is 4.84. The zero-order valence-corrected chi connectivity index (χ0v) is 14.7. The molecule has 2 heterocycles. The van der Waals surface area contributed by atoms with Crippen LogP contribution < -0.4 is 10.2 Å². The lowest BCUT2D eigenvalue weighted by molar-refractivity contribution is 0.525. The Labute approximate surface area is 152 Å². The number of nitrogens with zero attached hydrogens (tertiary/aromatic N) is 4. The first-order chi connectivity index (χ1) is 12.2. The Morgan fingerprint density at radius 1 is 1.16 bits per heavy atom. The monoisotopic (exact) mass is 353 g/mol. The van der Waals surface area contributed by atoms with Gasteiger partial charge in [0.1, 0.15) is 11.6 Å². The molecule has 0 bridgehead atoms. The largest absolute Gasteiger partial charge is 0.371 e. The molecule has 25 heavy (non-hydrogen) atoms. The van der Waals surface area contributed by atoms with Gasteiger partial charge >= 0.3 is 0 Å². The van der Waals surface area contributed by atoms with Crippen molar-refractivity contribution in [2.45, 2.75) is 37.6 Å². The number of rotatable bonds is 4. The standard InChI is InChI=1S/C19H20ClN5/c20-15-9-13(12-21)10-17(11-15)25-7-4-16(5-8-25)23-18-3-6-22-19(24-18)14-1-2-14/h3,6,9-11,14,16H,1-2,4-5,7-8H2,(H,22,23,24). The third-order valence-corrected chi connectivity index (χ3v) is 5.06. The van der Waals surface area contributed by atoms with Crippen LogP contribution in [0, 0.1) is 11.3 Å². The van der Waals surface area contributed by atoms with Gasteiger partial charge in [0.05, 0.1) is 11.6 Å². The van der Waals surface area contributed by atoms with Gasteiger partial charge in [0, 0.05) is 42.0 Å². The van der Waals surface area contributed by atoms with Gasteiger partial charge in [0.2, 0.25) is 0 Å².